The fraction of sp³-hybridized carbons (Fsp3) is 0.167. The molecule has 0 fully saturated rings. The van der Waals surface area contributed by atoms with Crippen LogP contribution in [0.4, 0.5) is 11.4 Å². The summed E-state index contributed by atoms with van der Waals surface area (Å²) in [5.41, 5.74) is -0.602. The minimum Gasteiger partial charge on any atom is -0.466 e. The van der Waals surface area contributed by atoms with Crippen molar-refractivity contribution in [1.29, 1.82) is 0 Å². The molecule has 128 valence electrons. The zero-order chi connectivity index (χ0) is 18.0. The van der Waals surface area contributed by atoms with Crippen LogP contribution in [0.3, 0.4) is 0 Å². The fourth-order valence-electron chi connectivity index (χ4n) is 2.41. The molecule has 0 saturated carbocycles. The number of para-hydroxylation sites is 2. The van der Waals surface area contributed by atoms with E-state index in [1.54, 1.807) is 42.5 Å². The average molecular weight is 340 g/mol. The Morgan fingerprint density at radius 2 is 1.92 bits per heavy atom. The van der Waals surface area contributed by atoms with E-state index >= 15 is 0 Å². The van der Waals surface area contributed by atoms with E-state index in [0.717, 1.165) is 0 Å². The van der Waals surface area contributed by atoms with Crippen molar-refractivity contribution in [2.45, 2.75) is 12.5 Å². The first-order valence-corrected chi connectivity index (χ1v) is 7.53. The Morgan fingerprint density at radius 3 is 2.68 bits per heavy atom. The van der Waals surface area contributed by atoms with E-state index in [2.05, 4.69) is 15.4 Å². The van der Waals surface area contributed by atoms with Gasteiger partial charge in [0.1, 0.15) is 5.75 Å². The number of hydrogen-bond acceptors (Lipinski definition) is 5. The summed E-state index contributed by atoms with van der Waals surface area (Å²) >= 11 is 0. The lowest BCUT2D eigenvalue weighted by Crippen LogP contribution is -2.56. The van der Waals surface area contributed by atoms with Gasteiger partial charge < -0.3 is 20.1 Å². The van der Waals surface area contributed by atoms with Crippen LogP contribution in [0, 0.1) is 0 Å². The van der Waals surface area contributed by atoms with Crippen LogP contribution in [0.1, 0.15) is 17.3 Å². The van der Waals surface area contributed by atoms with E-state index < -0.39 is 23.4 Å². The molecule has 7 heteroatoms. The Hall–Kier alpha value is -3.35. The van der Waals surface area contributed by atoms with Crippen LogP contribution in [0.2, 0.25) is 0 Å². The zero-order valence-corrected chi connectivity index (χ0v) is 13.7. The van der Waals surface area contributed by atoms with Crippen molar-refractivity contribution in [2.24, 2.45) is 0 Å². The number of benzene rings is 2. The number of rotatable bonds is 3. The third-order valence-corrected chi connectivity index (χ3v) is 3.86. The number of anilines is 2. The lowest BCUT2D eigenvalue weighted by molar-refractivity contribution is -0.143. The summed E-state index contributed by atoms with van der Waals surface area (Å²) in [5.74, 6) is -1.35. The van der Waals surface area contributed by atoms with Crippen LogP contribution in [-0.4, -0.2) is 30.5 Å². The highest BCUT2D eigenvalue weighted by Gasteiger charge is 2.47. The first-order chi connectivity index (χ1) is 11.9. The number of nitrogens with one attached hydrogen (secondary N) is 2. The average Bonchev–Trinajstić information content (AvgIpc) is 2.62. The largest absolute Gasteiger partial charge is 0.466 e. The normalized spacial score (nSPS) is 18.4. The van der Waals surface area contributed by atoms with Crippen LogP contribution in [0.5, 0.6) is 5.75 Å². The molecule has 25 heavy (non-hydrogen) atoms. The molecule has 2 N–H and O–H groups in total. The standard InChI is InChI=1S/C18H16N2O5/c1-18(17(23)20-13-8-3-4-9-14(13)25-18)16(22)19-12-7-5-6-11(10-12)15(21)24-2/h3-10H,1-2H3,(H,19,22)(H,20,23)/t18-/m1/s1. The Morgan fingerprint density at radius 1 is 1.16 bits per heavy atom. The Bertz CT molecular complexity index is 864. The molecule has 0 aromatic heterocycles. The Kier molecular flexibility index (Phi) is 4.14. The molecule has 2 aromatic rings. The van der Waals surface area contributed by atoms with Gasteiger partial charge in [0, 0.05) is 5.69 Å². The van der Waals surface area contributed by atoms with Gasteiger partial charge in [-0.1, -0.05) is 18.2 Å². The summed E-state index contributed by atoms with van der Waals surface area (Å²) in [6.07, 6.45) is 0. The van der Waals surface area contributed by atoms with Gasteiger partial charge in [0.15, 0.2) is 0 Å². The molecular formula is C18H16N2O5. The highest BCUT2D eigenvalue weighted by Crippen LogP contribution is 2.33. The number of hydrogen-bond donors (Lipinski definition) is 2. The van der Waals surface area contributed by atoms with Gasteiger partial charge in [-0.3, -0.25) is 9.59 Å². The number of carbonyl (C=O) groups is 3. The minimum absolute atomic E-state index is 0.282. The van der Waals surface area contributed by atoms with Crippen molar-refractivity contribution in [2.75, 3.05) is 17.7 Å². The third-order valence-electron chi connectivity index (χ3n) is 3.86. The summed E-state index contributed by atoms with van der Waals surface area (Å²) in [6, 6.07) is 13.1. The predicted molar refractivity (Wildman–Crippen MR) is 90.5 cm³/mol. The Balaban J connectivity index is 1.84. The van der Waals surface area contributed by atoms with Crippen LogP contribution in [0.15, 0.2) is 48.5 Å². The van der Waals surface area contributed by atoms with Gasteiger partial charge in [0.2, 0.25) is 0 Å². The third kappa shape index (κ3) is 3.03. The first-order valence-electron chi connectivity index (χ1n) is 7.53. The van der Waals surface area contributed by atoms with Crippen molar-refractivity contribution >= 4 is 29.2 Å². The minimum atomic E-state index is -1.74. The quantitative estimate of drug-likeness (QED) is 0.660. The second-order valence-corrected chi connectivity index (χ2v) is 5.61. The molecule has 1 aliphatic heterocycles. The predicted octanol–water partition coefficient (Wildman–Crippen LogP) is 2.20. The molecule has 3 rings (SSSR count). The lowest BCUT2D eigenvalue weighted by atomic mass is 10.0. The van der Waals surface area contributed by atoms with E-state index in [1.165, 1.54) is 20.1 Å². The van der Waals surface area contributed by atoms with Crippen molar-refractivity contribution in [3.8, 4) is 5.75 Å². The van der Waals surface area contributed by atoms with E-state index in [9.17, 15) is 14.4 Å². The number of esters is 1. The molecule has 7 nitrogen and oxygen atoms in total. The van der Waals surface area contributed by atoms with Crippen LogP contribution < -0.4 is 15.4 Å². The van der Waals surface area contributed by atoms with Gasteiger partial charge in [-0.25, -0.2) is 4.79 Å². The highest BCUT2D eigenvalue weighted by molar-refractivity contribution is 6.19. The molecule has 2 aromatic carbocycles. The number of carbonyl (C=O) groups excluding carboxylic acids is 3. The van der Waals surface area contributed by atoms with Gasteiger partial charge in [-0.15, -0.1) is 0 Å². The molecule has 0 radical (unpaired) electrons. The molecule has 1 atom stereocenters. The summed E-state index contributed by atoms with van der Waals surface area (Å²) in [4.78, 5) is 36.6. The van der Waals surface area contributed by atoms with Gasteiger partial charge >= 0.3 is 5.97 Å². The molecule has 2 amide bonds. The molecule has 0 unspecified atom stereocenters. The first kappa shape index (κ1) is 16.5. The van der Waals surface area contributed by atoms with Gasteiger partial charge in [-0.05, 0) is 37.3 Å². The van der Waals surface area contributed by atoms with E-state index in [1.807, 2.05) is 0 Å². The van der Waals surface area contributed by atoms with Crippen LogP contribution in [0.25, 0.3) is 0 Å². The van der Waals surface area contributed by atoms with Crippen LogP contribution in [-0.2, 0) is 14.3 Å². The van der Waals surface area contributed by atoms with Crippen molar-refractivity contribution < 1.29 is 23.9 Å². The summed E-state index contributed by atoms with van der Waals surface area (Å²) < 4.78 is 10.3. The van der Waals surface area contributed by atoms with E-state index in [4.69, 9.17) is 4.74 Å². The molecule has 1 aliphatic rings. The molecule has 0 saturated heterocycles. The maximum atomic E-state index is 12.6. The van der Waals surface area contributed by atoms with Crippen molar-refractivity contribution in [3.05, 3.63) is 54.1 Å². The van der Waals surface area contributed by atoms with Crippen LogP contribution >= 0.6 is 0 Å². The summed E-state index contributed by atoms with van der Waals surface area (Å²) in [6.45, 7) is 1.39. The summed E-state index contributed by atoms with van der Waals surface area (Å²) in [7, 11) is 1.27. The molecule has 0 aliphatic carbocycles. The molecule has 0 spiro atoms. The smallest absolute Gasteiger partial charge is 0.337 e. The second kappa shape index (κ2) is 6.27. The van der Waals surface area contributed by atoms with Crippen molar-refractivity contribution in [1.82, 2.24) is 0 Å². The Labute approximate surface area is 143 Å². The number of ether oxygens (including phenoxy) is 2. The van der Waals surface area contributed by atoms with E-state index in [-0.39, 0.29) is 5.56 Å². The fourth-order valence-corrected chi connectivity index (χ4v) is 2.41. The molecular weight excluding hydrogens is 324 g/mol. The van der Waals surface area contributed by atoms with Gasteiger partial charge in [0.05, 0.1) is 18.4 Å². The molecule has 0 bridgehead atoms. The number of methoxy groups -OCH3 is 1. The lowest BCUT2D eigenvalue weighted by Gasteiger charge is -2.33. The maximum Gasteiger partial charge on any atom is 0.337 e. The monoisotopic (exact) mass is 340 g/mol. The van der Waals surface area contributed by atoms with Crippen molar-refractivity contribution in [3.63, 3.8) is 0 Å². The van der Waals surface area contributed by atoms with E-state index in [0.29, 0.717) is 17.1 Å². The SMILES string of the molecule is COC(=O)c1cccc(NC(=O)[C@@]2(C)Oc3ccccc3NC2=O)c1. The topological polar surface area (TPSA) is 93.7 Å². The van der Waals surface area contributed by atoms with Gasteiger partial charge in [-0.2, -0.15) is 0 Å². The summed E-state index contributed by atoms with van der Waals surface area (Å²) in [5, 5.41) is 5.26. The second-order valence-electron chi connectivity index (χ2n) is 5.61. The maximum absolute atomic E-state index is 12.6. The number of amides is 2. The van der Waals surface area contributed by atoms with Gasteiger partial charge in [0.25, 0.3) is 17.4 Å². The highest BCUT2D eigenvalue weighted by atomic mass is 16.5. The molecule has 1 heterocycles. The zero-order valence-electron chi connectivity index (χ0n) is 13.7. The number of fused-ring (bicyclic) bond motifs is 1.